The zero-order valence-corrected chi connectivity index (χ0v) is 13.2. The second-order valence-electron chi connectivity index (χ2n) is 5.99. The van der Waals surface area contributed by atoms with Crippen molar-refractivity contribution in [1.29, 1.82) is 0 Å². The van der Waals surface area contributed by atoms with E-state index in [4.69, 9.17) is 10.5 Å². The van der Waals surface area contributed by atoms with Crippen LogP contribution >= 0.6 is 0 Å². The molecule has 1 aromatic carbocycles. The Morgan fingerprint density at radius 3 is 3.00 bits per heavy atom. The first kappa shape index (κ1) is 15.5. The van der Waals surface area contributed by atoms with E-state index in [2.05, 4.69) is 26.7 Å². The van der Waals surface area contributed by atoms with Crippen molar-refractivity contribution in [2.45, 2.75) is 25.5 Å². The van der Waals surface area contributed by atoms with Crippen molar-refractivity contribution in [3.05, 3.63) is 41.2 Å². The molecule has 0 atom stereocenters. The highest BCUT2D eigenvalue weighted by Crippen LogP contribution is 2.35. The average Bonchev–Trinajstić information content (AvgIpc) is 3.27. The molecule has 9 heteroatoms. The van der Waals surface area contributed by atoms with Gasteiger partial charge in [-0.2, -0.15) is 0 Å². The lowest BCUT2D eigenvalue weighted by atomic mass is 10.1. The normalized spacial score (nSPS) is 15.1. The number of nitrogen functional groups attached to an aromatic ring is 1. The zero-order valence-electron chi connectivity index (χ0n) is 13.2. The number of hydrogen-bond donors (Lipinski definition) is 5. The van der Waals surface area contributed by atoms with E-state index in [9.17, 15) is 9.18 Å². The lowest BCUT2D eigenvalue weighted by Crippen LogP contribution is -2.25. The highest BCUT2D eigenvalue weighted by molar-refractivity contribution is 5.94. The largest absolute Gasteiger partial charge is 0.486 e. The summed E-state index contributed by atoms with van der Waals surface area (Å²) in [7, 11) is 0. The molecule has 2 heterocycles. The highest BCUT2D eigenvalue weighted by Gasteiger charge is 2.24. The van der Waals surface area contributed by atoms with Crippen molar-refractivity contribution in [1.82, 2.24) is 15.8 Å². The van der Waals surface area contributed by atoms with Crippen LogP contribution in [0.15, 0.2) is 24.3 Å². The van der Waals surface area contributed by atoms with Gasteiger partial charge < -0.3 is 15.8 Å². The summed E-state index contributed by atoms with van der Waals surface area (Å²) in [6, 6.07) is 6.02. The average molecular weight is 344 g/mol. The SMILES string of the molecule is Nc1cc(OCc2cc(C(=O)NC3CC3)ccc2F)c2c(n1)NNN2. The molecule has 0 bridgehead atoms. The van der Waals surface area contributed by atoms with Crippen LogP contribution < -0.4 is 32.2 Å². The molecule has 1 fully saturated rings. The van der Waals surface area contributed by atoms with Gasteiger partial charge in [-0.3, -0.25) is 15.6 Å². The Bertz CT molecular complexity index is 840. The summed E-state index contributed by atoms with van der Waals surface area (Å²) in [4.78, 5) is 16.2. The standard InChI is InChI=1S/C16H17FN6O2/c17-11-4-1-8(16(24)19-10-2-3-10)5-9(11)7-25-12-6-13(18)20-15-14(12)21-23-22-15/h1,4-6,10,21,23H,2-3,7H2,(H,19,24)(H3,18,20,22). The Morgan fingerprint density at radius 1 is 1.36 bits per heavy atom. The molecule has 0 saturated heterocycles. The quantitative estimate of drug-likeness (QED) is 0.559. The number of hydrogen-bond acceptors (Lipinski definition) is 7. The van der Waals surface area contributed by atoms with Crippen LogP contribution in [0.1, 0.15) is 28.8 Å². The third-order valence-corrected chi connectivity index (χ3v) is 3.98. The van der Waals surface area contributed by atoms with E-state index in [0.717, 1.165) is 12.8 Å². The third kappa shape index (κ3) is 3.26. The van der Waals surface area contributed by atoms with Gasteiger partial charge in [-0.15, -0.1) is 5.53 Å². The first-order valence-electron chi connectivity index (χ1n) is 7.90. The fourth-order valence-electron chi connectivity index (χ4n) is 2.50. The molecule has 1 aliphatic carbocycles. The van der Waals surface area contributed by atoms with Crippen LogP contribution in [0.25, 0.3) is 0 Å². The molecule has 2 aromatic rings. The van der Waals surface area contributed by atoms with Crippen molar-refractivity contribution in [3.8, 4) is 5.75 Å². The number of hydrazine groups is 2. The topological polar surface area (TPSA) is 113 Å². The molecule has 4 rings (SSSR count). The Labute approximate surface area is 142 Å². The number of carbonyl (C=O) groups excluding carboxylic acids is 1. The Kier molecular flexibility index (Phi) is 3.77. The van der Waals surface area contributed by atoms with Gasteiger partial charge in [0.25, 0.3) is 5.91 Å². The molecule has 0 unspecified atom stereocenters. The van der Waals surface area contributed by atoms with E-state index in [-0.39, 0.29) is 29.9 Å². The van der Waals surface area contributed by atoms with E-state index in [1.807, 2.05) is 0 Å². The predicted octanol–water partition coefficient (Wildman–Crippen LogP) is 1.53. The third-order valence-electron chi connectivity index (χ3n) is 3.98. The van der Waals surface area contributed by atoms with Gasteiger partial charge in [0.05, 0.1) is 0 Å². The summed E-state index contributed by atoms with van der Waals surface area (Å²) >= 11 is 0. The molecule has 25 heavy (non-hydrogen) atoms. The second kappa shape index (κ2) is 6.10. The molecule has 2 aliphatic rings. The van der Waals surface area contributed by atoms with E-state index >= 15 is 0 Å². The number of amides is 1. The van der Waals surface area contributed by atoms with Crippen molar-refractivity contribution >= 4 is 23.2 Å². The van der Waals surface area contributed by atoms with Crippen molar-refractivity contribution in [2.75, 3.05) is 16.6 Å². The van der Waals surface area contributed by atoms with Gasteiger partial charge in [-0.25, -0.2) is 9.37 Å². The number of carbonyl (C=O) groups is 1. The smallest absolute Gasteiger partial charge is 0.251 e. The van der Waals surface area contributed by atoms with E-state index in [1.54, 1.807) is 6.07 Å². The maximum Gasteiger partial charge on any atom is 0.251 e. The Hall–Kier alpha value is -3.07. The number of pyridine rings is 1. The van der Waals surface area contributed by atoms with Crippen LogP contribution in [-0.2, 0) is 6.61 Å². The van der Waals surface area contributed by atoms with Crippen LogP contribution in [0.4, 0.5) is 21.7 Å². The second-order valence-corrected chi connectivity index (χ2v) is 5.99. The summed E-state index contributed by atoms with van der Waals surface area (Å²) in [6.07, 6.45) is 1.99. The summed E-state index contributed by atoms with van der Waals surface area (Å²) in [5.41, 5.74) is 15.3. The number of nitrogens with zero attached hydrogens (tertiary/aromatic N) is 1. The summed E-state index contributed by atoms with van der Waals surface area (Å²) in [5, 5.41) is 2.88. The van der Waals surface area contributed by atoms with Gasteiger partial charge in [-0.05, 0) is 31.0 Å². The van der Waals surface area contributed by atoms with Crippen molar-refractivity contribution in [3.63, 3.8) is 0 Å². The van der Waals surface area contributed by atoms with E-state index in [1.165, 1.54) is 18.2 Å². The lowest BCUT2D eigenvalue weighted by Gasteiger charge is -2.12. The van der Waals surface area contributed by atoms with Crippen LogP contribution in [0.3, 0.4) is 0 Å². The molecule has 0 radical (unpaired) electrons. The Balaban J connectivity index is 1.52. The number of nitrogens with one attached hydrogen (secondary N) is 4. The fourth-order valence-corrected chi connectivity index (χ4v) is 2.50. The number of ether oxygens (including phenoxy) is 1. The maximum absolute atomic E-state index is 14.1. The predicted molar refractivity (Wildman–Crippen MR) is 90.3 cm³/mol. The molecular weight excluding hydrogens is 327 g/mol. The van der Waals surface area contributed by atoms with Gasteiger partial charge in [0.1, 0.15) is 23.9 Å². The molecule has 8 nitrogen and oxygen atoms in total. The van der Waals surface area contributed by atoms with E-state index in [0.29, 0.717) is 22.8 Å². The lowest BCUT2D eigenvalue weighted by molar-refractivity contribution is 0.0951. The van der Waals surface area contributed by atoms with Gasteiger partial charge in [0, 0.05) is 23.2 Å². The van der Waals surface area contributed by atoms with Crippen LogP contribution in [-0.4, -0.2) is 16.9 Å². The molecule has 1 amide bonds. The zero-order chi connectivity index (χ0) is 17.4. The first-order chi connectivity index (χ1) is 12.1. The molecule has 0 spiro atoms. The van der Waals surface area contributed by atoms with Crippen LogP contribution in [0.2, 0.25) is 0 Å². The minimum absolute atomic E-state index is 0.0477. The number of nitrogens with two attached hydrogens (primary N) is 1. The Morgan fingerprint density at radius 2 is 2.20 bits per heavy atom. The molecule has 1 saturated carbocycles. The molecule has 130 valence electrons. The molecule has 6 N–H and O–H groups in total. The molecular formula is C16H17FN6O2. The minimum Gasteiger partial charge on any atom is -0.486 e. The minimum atomic E-state index is -0.439. The summed E-state index contributed by atoms with van der Waals surface area (Å²) < 4.78 is 19.8. The van der Waals surface area contributed by atoms with E-state index < -0.39 is 5.82 Å². The van der Waals surface area contributed by atoms with Gasteiger partial charge in [0.2, 0.25) is 0 Å². The van der Waals surface area contributed by atoms with Crippen LogP contribution in [0.5, 0.6) is 5.75 Å². The number of benzene rings is 1. The highest BCUT2D eigenvalue weighted by atomic mass is 19.1. The summed E-state index contributed by atoms with van der Waals surface area (Å²) in [5.74, 6) is 0.545. The van der Waals surface area contributed by atoms with Gasteiger partial charge >= 0.3 is 0 Å². The van der Waals surface area contributed by atoms with Gasteiger partial charge in [-0.1, -0.05) is 0 Å². The van der Waals surface area contributed by atoms with Crippen LogP contribution in [0, 0.1) is 5.82 Å². The number of halogens is 1. The number of fused-ring (bicyclic) bond motifs is 1. The van der Waals surface area contributed by atoms with Gasteiger partial charge in [0.15, 0.2) is 11.6 Å². The van der Waals surface area contributed by atoms with Crippen molar-refractivity contribution in [2.24, 2.45) is 0 Å². The number of rotatable bonds is 5. The number of aromatic nitrogens is 1. The summed E-state index contributed by atoms with van der Waals surface area (Å²) in [6.45, 7) is -0.0477. The molecule has 1 aromatic heterocycles. The van der Waals surface area contributed by atoms with Crippen molar-refractivity contribution < 1.29 is 13.9 Å². The fraction of sp³-hybridized carbons (Fsp3) is 0.250. The molecule has 1 aliphatic heterocycles. The maximum atomic E-state index is 14.1. The number of anilines is 3. The first-order valence-corrected chi connectivity index (χ1v) is 7.90. The monoisotopic (exact) mass is 344 g/mol.